The molecule has 0 aliphatic rings. The first-order chi connectivity index (χ1) is 7.47. The van der Waals surface area contributed by atoms with Crippen molar-refractivity contribution in [2.75, 3.05) is 5.73 Å². The third-order valence-electron chi connectivity index (χ3n) is 1.99. The molecule has 6 heteroatoms. The van der Waals surface area contributed by atoms with E-state index in [0.29, 0.717) is 5.56 Å². The molecule has 0 saturated heterocycles. The molecular weight excluding hydrogens is 237 g/mol. The summed E-state index contributed by atoms with van der Waals surface area (Å²) in [6.07, 6.45) is -4.40. The maximum atomic E-state index is 12.5. The Morgan fingerprint density at radius 3 is 2.56 bits per heavy atom. The number of hydrogen-bond donors (Lipinski definition) is 1. The van der Waals surface area contributed by atoms with Crippen LogP contribution in [0.15, 0.2) is 29.0 Å². The van der Waals surface area contributed by atoms with Gasteiger partial charge in [0.25, 0.3) is 0 Å². The third-order valence-corrected chi connectivity index (χ3v) is 2.67. The van der Waals surface area contributed by atoms with Crippen molar-refractivity contribution in [2.45, 2.75) is 6.18 Å². The van der Waals surface area contributed by atoms with Crippen molar-refractivity contribution in [3.05, 3.63) is 34.5 Å². The summed E-state index contributed by atoms with van der Waals surface area (Å²) in [7, 11) is 0. The summed E-state index contributed by atoms with van der Waals surface area (Å²) < 4.78 is 37.5. The summed E-state index contributed by atoms with van der Waals surface area (Å²) in [5.74, 6) is -0.129. The first-order valence-corrected chi connectivity index (χ1v) is 5.28. The van der Waals surface area contributed by atoms with E-state index in [4.69, 9.17) is 5.73 Å². The topological polar surface area (TPSA) is 38.9 Å². The van der Waals surface area contributed by atoms with Crippen molar-refractivity contribution in [1.82, 2.24) is 4.98 Å². The lowest BCUT2D eigenvalue weighted by Gasteiger charge is -2.08. The molecule has 2 rings (SSSR count). The molecule has 0 unspecified atom stereocenters. The molecule has 0 aliphatic heterocycles. The van der Waals surface area contributed by atoms with E-state index in [9.17, 15) is 13.2 Å². The molecule has 2 aromatic heterocycles. The monoisotopic (exact) mass is 244 g/mol. The number of nitrogens with zero attached hydrogens (tertiary/aromatic N) is 1. The molecule has 2 nitrogen and oxygen atoms in total. The number of hydrogen-bond acceptors (Lipinski definition) is 3. The zero-order chi connectivity index (χ0) is 11.8. The van der Waals surface area contributed by atoms with Crippen LogP contribution >= 0.6 is 11.3 Å². The van der Waals surface area contributed by atoms with Gasteiger partial charge in [-0.25, -0.2) is 4.98 Å². The van der Waals surface area contributed by atoms with Crippen LogP contribution in [0.25, 0.3) is 11.3 Å². The first kappa shape index (κ1) is 10.9. The molecule has 16 heavy (non-hydrogen) atoms. The van der Waals surface area contributed by atoms with Crippen molar-refractivity contribution in [2.24, 2.45) is 0 Å². The van der Waals surface area contributed by atoms with Crippen molar-refractivity contribution < 1.29 is 13.2 Å². The molecule has 0 radical (unpaired) electrons. The second kappa shape index (κ2) is 3.79. The Balaban J connectivity index is 2.53. The van der Waals surface area contributed by atoms with Crippen LogP contribution in [0.4, 0.5) is 19.0 Å². The minimum absolute atomic E-state index is 0.129. The smallest absolute Gasteiger partial charge is 0.384 e. The molecule has 0 aliphatic carbocycles. The average Bonchev–Trinajstić information content (AvgIpc) is 2.68. The van der Waals surface area contributed by atoms with Crippen molar-refractivity contribution >= 4 is 17.2 Å². The Kier molecular flexibility index (Phi) is 2.59. The minimum Gasteiger partial charge on any atom is -0.384 e. The Hall–Kier alpha value is -1.56. The fourth-order valence-electron chi connectivity index (χ4n) is 1.27. The third kappa shape index (κ3) is 2.16. The molecule has 0 amide bonds. The highest BCUT2D eigenvalue weighted by Crippen LogP contribution is 2.33. The number of aromatic nitrogens is 1. The number of nitrogen functional groups attached to an aromatic ring is 1. The number of rotatable bonds is 1. The largest absolute Gasteiger partial charge is 0.416 e. The van der Waals surface area contributed by atoms with Crippen LogP contribution in [0.5, 0.6) is 0 Å². The quantitative estimate of drug-likeness (QED) is 0.834. The van der Waals surface area contributed by atoms with Gasteiger partial charge in [0.2, 0.25) is 0 Å². The molecule has 0 saturated carbocycles. The highest BCUT2D eigenvalue weighted by atomic mass is 32.1. The van der Waals surface area contributed by atoms with Gasteiger partial charge in [0, 0.05) is 10.9 Å². The van der Waals surface area contributed by atoms with Crippen LogP contribution in [0.2, 0.25) is 0 Å². The fourth-order valence-corrected chi connectivity index (χ4v) is 1.92. The van der Waals surface area contributed by atoms with Crippen molar-refractivity contribution in [3.8, 4) is 11.3 Å². The van der Waals surface area contributed by atoms with Gasteiger partial charge in [0.15, 0.2) is 0 Å². The molecule has 0 spiro atoms. The van der Waals surface area contributed by atoms with Crippen LogP contribution < -0.4 is 5.73 Å². The summed E-state index contributed by atoms with van der Waals surface area (Å²) in [5, 5.41) is 3.50. The summed E-state index contributed by atoms with van der Waals surface area (Å²) in [4.78, 5) is 3.87. The molecule has 2 N–H and O–H groups in total. The number of halogens is 3. The van der Waals surface area contributed by atoms with Gasteiger partial charge in [-0.3, -0.25) is 0 Å². The molecule has 0 atom stereocenters. The zero-order valence-electron chi connectivity index (χ0n) is 7.95. The van der Waals surface area contributed by atoms with E-state index in [1.54, 1.807) is 16.8 Å². The normalized spacial score (nSPS) is 11.7. The summed E-state index contributed by atoms with van der Waals surface area (Å²) in [6, 6.07) is 3.53. The lowest BCUT2D eigenvalue weighted by Crippen LogP contribution is -2.07. The molecular formula is C10H7F3N2S. The summed E-state index contributed by atoms with van der Waals surface area (Å²) in [6.45, 7) is 0. The number of pyridine rings is 1. The standard InChI is InChI=1S/C10H7F3N2S/c11-10(12,13)7-3-8(15-9(14)4-7)6-1-2-16-5-6/h1-5H,(H2,14,15). The highest BCUT2D eigenvalue weighted by Gasteiger charge is 2.31. The van der Waals surface area contributed by atoms with Gasteiger partial charge in [-0.1, -0.05) is 0 Å². The van der Waals surface area contributed by atoms with E-state index < -0.39 is 11.7 Å². The Morgan fingerprint density at radius 1 is 1.25 bits per heavy atom. The van der Waals surface area contributed by atoms with E-state index in [-0.39, 0.29) is 11.5 Å². The predicted octanol–water partition coefficient (Wildman–Crippen LogP) is 3.41. The lowest BCUT2D eigenvalue weighted by molar-refractivity contribution is -0.137. The van der Waals surface area contributed by atoms with Crippen molar-refractivity contribution in [3.63, 3.8) is 0 Å². The SMILES string of the molecule is Nc1cc(C(F)(F)F)cc(-c2ccsc2)n1. The molecule has 0 fully saturated rings. The van der Waals surface area contributed by atoms with Gasteiger partial charge < -0.3 is 5.73 Å². The zero-order valence-corrected chi connectivity index (χ0v) is 8.77. The highest BCUT2D eigenvalue weighted by molar-refractivity contribution is 7.08. The average molecular weight is 244 g/mol. The minimum atomic E-state index is -4.40. The number of anilines is 1. The Labute approximate surface area is 93.5 Å². The van der Waals surface area contributed by atoms with E-state index >= 15 is 0 Å². The Bertz CT molecular complexity index is 491. The molecule has 2 heterocycles. The maximum Gasteiger partial charge on any atom is 0.416 e. The second-order valence-electron chi connectivity index (χ2n) is 3.18. The van der Waals surface area contributed by atoms with E-state index in [0.717, 1.165) is 12.1 Å². The molecule has 2 aromatic rings. The van der Waals surface area contributed by atoms with Crippen LogP contribution in [0.3, 0.4) is 0 Å². The summed E-state index contributed by atoms with van der Waals surface area (Å²) >= 11 is 1.39. The maximum absolute atomic E-state index is 12.5. The van der Waals surface area contributed by atoms with Crippen molar-refractivity contribution in [1.29, 1.82) is 0 Å². The first-order valence-electron chi connectivity index (χ1n) is 4.34. The van der Waals surface area contributed by atoms with Crippen LogP contribution in [-0.2, 0) is 6.18 Å². The number of alkyl halides is 3. The molecule has 0 bridgehead atoms. The van der Waals surface area contributed by atoms with E-state index in [1.807, 2.05) is 0 Å². The van der Waals surface area contributed by atoms with Gasteiger partial charge in [-0.15, -0.1) is 0 Å². The number of thiophene rings is 1. The van der Waals surface area contributed by atoms with Gasteiger partial charge in [0.05, 0.1) is 11.3 Å². The van der Waals surface area contributed by atoms with Gasteiger partial charge in [0.1, 0.15) is 5.82 Å². The van der Waals surface area contributed by atoms with E-state index in [1.165, 1.54) is 11.3 Å². The van der Waals surface area contributed by atoms with Gasteiger partial charge >= 0.3 is 6.18 Å². The van der Waals surface area contributed by atoms with Gasteiger partial charge in [-0.2, -0.15) is 24.5 Å². The van der Waals surface area contributed by atoms with Gasteiger partial charge in [-0.05, 0) is 23.6 Å². The molecule has 84 valence electrons. The van der Waals surface area contributed by atoms with E-state index in [2.05, 4.69) is 4.98 Å². The molecule has 0 aromatic carbocycles. The van der Waals surface area contributed by atoms with Crippen LogP contribution in [-0.4, -0.2) is 4.98 Å². The van der Waals surface area contributed by atoms with Crippen LogP contribution in [0.1, 0.15) is 5.56 Å². The lowest BCUT2D eigenvalue weighted by atomic mass is 10.1. The van der Waals surface area contributed by atoms with Crippen LogP contribution in [0, 0.1) is 0 Å². The Morgan fingerprint density at radius 2 is 2.00 bits per heavy atom. The second-order valence-corrected chi connectivity index (χ2v) is 3.96. The number of nitrogens with two attached hydrogens (primary N) is 1. The predicted molar refractivity (Wildman–Crippen MR) is 57.0 cm³/mol. The fraction of sp³-hybridized carbons (Fsp3) is 0.100. The summed E-state index contributed by atoms with van der Waals surface area (Å²) in [5.41, 5.74) is 5.46.